The Labute approximate surface area is 154 Å². The molecule has 2 saturated heterocycles. The maximum absolute atomic E-state index is 13.0. The lowest BCUT2D eigenvalue weighted by Gasteiger charge is -2.51. The van der Waals surface area contributed by atoms with Crippen molar-refractivity contribution < 1.29 is 14.4 Å². The molecule has 2 heterocycles. The fourth-order valence-electron chi connectivity index (χ4n) is 3.79. The predicted molar refractivity (Wildman–Crippen MR) is 98.2 cm³/mol. The summed E-state index contributed by atoms with van der Waals surface area (Å²) in [5.74, 6) is 0.230. The fraction of sp³-hybridized carbons (Fsp3) is 0.550. The average molecular weight is 357 g/mol. The third kappa shape index (κ3) is 3.32. The molecule has 0 spiro atoms. The van der Waals surface area contributed by atoms with Crippen molar-refractivity contribution in [1.82, 2.24) is 14.7 Å². The molecule has 0 aromatic heterocycles. The van der Waals surface area contributed by atoms with Gasteiger partial charge in [-0.25, -0.2) is 0 Å². The summed E-state index contributed by atoms with van der Waals surface area (Å²) in [6.07, 6.45) is 0.858. The first-order valence-corrected chi connectivity index (χ1v) is 9.40. The van der Waals surface area contributed by atoms with Crippen LogP contribution < -0.4 is 0 Å². The summed E-state index contributed by atoms with van der Waals surface area (Å²) in [5, 5.41) is 0. The van der Waals surface area contributed by atoms with Gasteiger partial charge in [0.05, 0.1) is 6.54 Å². The summed E-state index contributed by atoms with van der Waals surface area (Å²) in [7, 11) is 0. The van der Waals surface area contributed by atoms with E-state index in [9.17, 15) is 14.4 Å². The quantitative estimate of drug-likeness (QED) is 0.828. The maximum atomic E-state index is 13.0. The highest BCUT2D eigenvalue weighted by Crippen LogP contribution is 2.27. The van der Waals surface area contributed by atoms with E-state index in [-0.39, 0.29) is 30.3 Å². The van der Waals surface area contributed by atoms with Gasteiger partial charge in [0.15, 0.2) is 0 Å². The molecular weight excluding hydrogens is 330 g/mol. The minimum Gasteiger partial charge on any atom is -0.337 e. The summed E-state index contributed by atoms with van der Waals surface area (Å²) in [5.41, 5.74) is 0.611. The van der Waals surface area contributed by atoms with Crippen LogP contribution in [0.4, 0.5) is 0 Å². The zero-order chi connectivity index (χ0) is 18.8. The van der Waals surface area contributed by atoms with Crippen molar-refractivity contribution in [2.24, 2.45) is 5.92 Å². The topological polar surface area (TPSA) is 60.9 Å². The number of amides is 3. The first kappa shape index (κ1) is 18.4. The Bertz CT molecular complexity index is 691. The Balaban J connectivity index is 1.88. The molecule has 26 heavy (non-hydrogen) atoms. The molecule has 2 aliphatic rings. The van der Waals surface area contributed by atoms with Crippen LogP contribution >= 0.6 is 0 Å². The number of nitrogens with zero attached hydrogens (tertiary/aromatic N) is 3. The molecule has 0 saturated carbocycles. The Morgan fingerprint density at radius 3 is 2.58 bits per heavy atom. The number of carbonyl (C=O) groups excluding carboxylic acids is 3. The molecule has 1 aromatic rings. The molecule has 0 N–H and O–H groups in total. The summed E-state index contributed by atoms with van der Waals surface area (Å²) < 4.78 is 0. The van der Waals surface area contributed by atoms with Crippen molar-refractivity contribution in [3.8, 4) is 0 Å². The molecule has 3 atom stereocenters. The first-order valence-electron chi connectivity index (χ1n) is 9.40. The molecule has 140 valence electrons. The molecule has 2 fully saturated rings. The largest absolute Gasteiger partial charge is 0.337 e. The Kier molecular flexibility index (Phi) is 5.30. The Morgan fingerprint density at radius 1 is 1.23 bits per heavy atom. The van der Waals surface area contributed by atoms with E-state index in [4.69, 9.17) is 0 Å². The minimum absolute atomic E-state index is 0.0242. The summed E-state index contributed by atoms with van der Waals surface area (Å²) in [6, 6.07) is 8.59. The SMILES string of the molecule is CCC(C)CN1CC2N(C(=O)c3ccccc3)CCC(=O)N2C(C)C1=O. The molecule has 1 aromatic carbocycles. The van der Waals surface area contributed by atoms with E-state index in [0.717, 1.165) is 6.42 Å². The standard InChI is InChI=1S/C20H27N3O3/c1-4-14(2)12-21-13-17-22(20(26)16-8-6-5-7-9-16)11-10-18(24)23(17)15(3)19(21)25/h5-9,14-15,17H,4,10-13H2,1-3H3. The second-order valence-electron chi connectivity index (χ2n) is 7.33. The van der Waals surface area contributed by atoms with E-state index in [0.29, 0.717) is 31.1 Å². The summed E-state index contributed by atoms with van der Waals surface area (Å²) in [6.45, 7) is 7.43. The molecule has 3 unspecified atom stereocenters. The van der Waals surface area contributed by atoms with Gasteiger partial charge in [0.25, 0.3) is 5.91 Å². The third-order valence-corrected chi connectivity index (χ3v) is 5.52. The van der Waals surface area contributed by atoms with E-state index >= 15 is 0 Å². The predicted octanol–water partition coefficient (Wildman–Crippen LogP) is 1.96. The van der Waals surface area contributed by atoms with Crippen LogP contribution in [0, 0.1) is 5.92 Å². The van der Waals surface area contributed by atoms with Crippen LogP contribution in [-0.2, 0) is 9.59 Å². The smallest absolute Gasteiger partial charge is 0.255 e. The fourth-order valence-corrected chi connectivity index (χ4v) is 3.79. The molecule has 6 heteroatoms. The lowest BCUT2D eigenvalue weighted by atomic mass is 10.0. The van der Waals surface area contributed by atoms with Crippen LogP contribution in [0.25, 0.3) is 0 Å². The number of carbonyl (C=O) groups is 3. The van der Waals surface area contributed by atoms with Crippen molar-refractivity contribution >= 4 is 17.7 Å². The number of hydrogen-bond donors (Lipinski definition) is 0. The number of piperazine rings is 1. The maximum Gasteiger partial charge on any atom is 0.255 e. The van der Waals surface area contributed by atoms with Crippen molar-refractivity contribution in [2.75, 3.05) is 19.6 Å². The number of benzene rings is 1. The highest BCUT2D eigenvalue weighted by molar-refractivity contribution is 5.96. The third-order valence-electron chi connectivity index (χ3n) is 5.52. The average Bonchev–Trinajstić information content (AvgIpc) is 2.66. The van der Waals surface area contributed by atoms with Gasteiger partial charge in [-0.3, -0.25) is 14.4 Å². The van der Waals surface area contributed by atoms with E-state index in [2.05, 4.69) is 13.8 Å². The van der Waals surface area contributed by atoms with Gasteiger partial charge in [0, 0.05) is 25.1 Å². The molecule has 0 aliphatic carbocycles. The first-order chi connectivity index (χ1) is 12.4. The second kappa shape index (κ2) is 7.48. The van der Waals surface area contributed by atoms with E-state index in [1.54, 1.807) is 28.9 Å². The Morgan fingerprint density at radius 2 is 1.92 bits per heavy atom. The number of fused-ring (bicyclic) bond motifs is 1. The highest BCUT2D eigenvalue weighted by Gasteiger charge is 2.47. The molecular formula is C20H27N3O3. The minimum atomic E-state index is -0.531. The lowest BCUT2D eigenvalue weighted by molar-refractivity contribution is -0.166. The van der Waals surface area contributed by atoms with Gasteiger partial charge in [-0.1, -0.05) is 38.5 Å². The van der Waals surface area contributed by atoms with E-state index in [1.165, 1.54) is 0 Å². The van der Waals surface area contributed by atoms with Gasteiger partial charge in [-0.15, -0.1) is 0 Å². The van der Waals surface area contributed by atoms with Gasteiger partial charge < -0.3 is 14.7 Å². The van der Waals surface area contributed by atoms with E-state index in [1.807, 2.05) is 23.1 Å². The van der Waals surface area contributed by atoms with Gasteiger partial charge in [0.1, 0.15) is 12.2 Å². The number of rotatable bonds is 4. The normalized spacial score (nSPS) is 24.5. The van der Waals surface area contributed by atoms with Crippen LogP contribution in [0.3, 0.4) is 0 Å². The summed E-state index contributed by atoms with van der Waals surface area (Å²) in [4.78, 5) is 43.5. The molecule has 6 nitrogen and oxygen atoms in total. The van der Waals surface area contributed by atoms with Crippen LogP contribution in [-0.4, -0.2) is 64.3 Å². The van der Waals surface area contributed by atoms with Gasteiger partial charge in [0.2, 0.25) is 11.8 Å². The molecule has 3 rings (SSSR count). The summed E-state index contributed by atoms with van der Waals surface area (Å²) >= 11 is 0. The van der Waals surface area contributed by atoms with Crippen LogP contribution in [0.1, 0.15) is 44.0 Å². The van der Waals surface area contributed by atoms with Gasteiger partial charge in [-0.05, 0) is 25.0 Å². The zero-order valence-corrected chi connectivity index (χ0v) is 15.7. The van der Waals surface area contributed by atoms with Gasteiger partial charge >= 0.3 is 0 Å². The molecule has 3 amide bonds. The van der Waals surface area contributed by atoms with Crippen LogP contribution in [0.15, 0.2) is 30.3 Å². The molecule has 0 bridgehead atoms. The van der Waals surface area contributed by atoms with Gasteiger partial charge in [-0.2, -0.15) is 0 Å². The van der Waals surface area contributed by atoms with Crippen molar-refractivity contribution in [1.29, 1.82) is 0 Å². The molecule has 0 radical (unpaired) electrons. The monoisotopic (exact) mass is 357 g/mol. The Hall–Kier alpha value is -2.37. The molecule has 2 aliphatic heterocycles. The highest BCUT2D eigenvalue weighted by atomic mass is 16.2. The van der Waals surface area contributed by atoms with Crippen LogP contribution in [0.2, 0.25) is 0 Å². The lowest BCUT2D eigenvalue weighted by Crippen LogP contribution is -2.70. The van der Waals surface area contributed by atoms with E-state index < -0.39 is 6.04 Å². The van der Waals surface area contributed by atoms with Crippen molar-refractivity contribution in [2.45, 2.75) is 45.8 Å². The zero-order valence-electron chi connectivity index (χ0n) is 15.7. The van der Waals surface area contributed by atoms with Crippen LogP contribution in [0.5, 0.6) is 0 Å². The second-order valence-corrected chi connectivity index (χ2v) is 7.33. The van der Waals surface area contributed by atoms with Crippen molar-refractivity contribution in [3.63, 3.8) is 0 Å². The number of hydrogen-bond acceptors (Lipinski definition) is 3. The van der Waals surface area contributed by atoms with Crippen molar-refractivity contribution in [3.05, 3.63) is 35.9 Å².